The summed E-state index contributed by atoms with van der Waals surface area (Å²) in [5, 5.41) is 9.31. The largest absolute Gasteiger partial charge is 0.480 e. The number of aromatic nitrogens is 2. The normalized spacial score (nSPS) is 12.6. The number of carboxylic acid groups (broad SMARTS) is 1. The van der Waals surface area contributed by atoms with Crippen molar-refractivity contribution in [1.82, 2.24) is 9.97 Å². The van der Waals surface area contributed by atoms with Gasteiger partial charge >= 0.3 is 11.7 Å². The van der Waals surface area contributed by atoms with E-state index in [1.165, 1.54) is 26.0 Å². The first-order valence-electron chi connectivity index (χ1n) is 7.23. The first kappa shape index (κ1) is 18.5. The molecule has 9 nitrogen and oxygen atoms in total. The van der Waals surface area contributed by atoms with Gasteiger partial charge in [-0.05, 0) is 32.9 Å². The van der Waals surface area contributed by atoms with Crippen molar-refractivity contribution >= 4 is 21.7 Å². The number of aliphatic carboxylic acids is 1. The van der Waals surface area contributed by atoms with Crippen molar-refractivity contribution in [3.63, 3.8) is 0 Å². The van der Waals surface area contributed by atoms with Gasteiger partial charge in [-0.25, -0.2) is 18.0 Å². The van der Waals surface area contributed by atoms with Crippen molar-refractivity contribution < 1.29 is 18.3 Å². The van der Waals surface area contributed by atoms with Crippen molar-refractivity contribution in [3.8, 4) is 0 Å². The first-order chi connectivity index (χ1) is 11.6. The number of nitrogens with one attached hydrogen (secondary N) is 2. The number of carbonyl (C=O) groups is 1. The van der Waals surface area contributed by atoms with Gasteiger partial charge in [-0.2, -0.15) is 0 Å². The van der Waals surface area contributed by atoms with Crippen molar-refractivity contribution in [2.24, 2.45) is 0 Å². The highest BCUT2D eigenvalue weighted by molar-refractivity contribution is 7.93. The second kappa shape index (κ2) is 6.55. The fraction of sp³-hybridized carbons (Fsp3) is 0.267. The van der Waals surface area contributed by atoms with E-state index in [0.717, 1.165) is 5.56 Å². The summed E-state index contributed by atoms with van der Waals surface area (Å²) in [7, 11) is -4.55. The van der Waals surface area contributed by atoms with E-state index >= 15 is 0 Å². The molecule has 0 saturated carbocycles. The van der Waals surface area contributed by atoms with E-state index < -0.39 is 38.2 Å². The average molecular weight is 367 g/mol. The Morgan fingerprint density at radius 1 is 1.12 bits per heavy atom. The molecule has 1 aromatic carbocycles. The summed E-state index contributed by atoms with van der Waals surface area (Å²) in [6, 6.07) is 4.66. The van der Waals surface area contributed by atoms with Crippen LogP contribution in [0.15, 0.2) is 38.8 Å². The van der Waals surface area contributed by atoms with E-state index in [1.807, 2.05) is 4.98 Å². The standard InChI is InChI=1S/C15H17N3O6S/c1-8-4-6-11(7-5-8)18(10(3)14(20)21)25(23,24)12-9(2)16-15(22)17-13(12)19/h4-7,10H,1-3H3,(H,20,21)(H2,16,17,19,22)/t10-/m0/s1. The molecule has 0 aliphatic rings. The molecule has 25 heavy (non-hydrogen) atoms. The van der Waals surface area contributed by atoms with Crippen LogP contribution >= 0.6 is 0 Å². The summed E-state index contributed by atoms with van der Waals surface area (Å²) in [5.74, 6) is -1.39. The molecule has 0 unspecified atom stereocenters. The van der Waals surface area contributed by atoms with Crippen molar-refractivity contribution in [2.75, 3.05) is 4.31 Å². The molecular weight excluding hydrogens is 350 g/mol. The molecule has 1 aromatic heterocycles. The maximum absolute atomic E-state index is 13.0. The van der Waals surface area contributed by atoms with Crippen LogP contribution < -0.4 is 15.6 Å². The molecule has 0 fully saturated rings. The predicted molar refractivity (Wildman–Crippen MR) is 90.4 cm³/mol. The minimum Gasteiger partial charge on any atom is -0.480 e. The zero-order valence-electron chi connectivity index (χ0n) is 13.7. The second-order valence-corrected chi connectivity index (χ2v) is 7.26. The lowest BCUT2D eigenvalue weighted by atomic mass is 10.2. The smallest absolute Gasteiger partial charge is 0.327 e. The van der Waals surface area contributed by atoms with Gasteiger partial charge in [-0.15, -0.1) is 0 Å². The number of sulfonamides is 1. The Bertz CT molecular complexity index is 1020. The van der Waals surface area contributed by atoms with Crippen molar-refractivity contribution in [1.29, 1.82) is 0 Å². The quantitative estimate of drug-likeness (QED) is 0.696. The summed E-state index contributed by atoms with van der Waals surface area (Å²) in [6.07, 6.45) is 0. The van der Waals surface area contributed by atoms with Crippen LogP contribution in [0.4, 0.5) is 5.69 Å². The Labute approximate surface area is 143 Å². The molecule has 0 radical (unpaired) electrons. The molecule has 3 N–H and O–H groups in total. The second-order valence-electron chi connectivity index (χ2n) is 5.51. The van der Waals surface area contributed by atoms with Crippen LogP contribution in [0.3, 0.4) is 0 Å². The SMILES string of the molecule is Cc1ccc(N([C@@H](C)C(=O)O)S(=O)(=O)c2c(C)[nH]c(=O)[nH]c2=O)cc1. The highest BCUT2D eigenvalue weighted by atomic mass is 32.2. The molecule has 134 valence electrons. The molecular formula is C15H17N3O6S. The maximum atomic E-state index is 13.0. The molecule has 0 saturated heterocycles. The van der Waals surface area contributed by atoms with Gasteiger partial charge < -0.3 is 10.1 Å². The van der Waals surface area contributed by atoms with Crippen LogP contribution in [0.5, 0.6) is 0 Å². The van der Waals surface area contributed by atoms with Gasteiger partial charge in [-0.1, -0.05) is 17.7 Å². The number of benzene rings is 1. The lowest BCUT2D eigenvalue weighted by Gasteiger charge is -2.28. The molecule has 0 bridgehead atoms. The third kappa shape index (κ3) is 3.48. The minimum absolute atomic E-state index is 0.0884. The average Bonchev–Trinajstić information content (AvgIpc) is 2.47. The van der Waals surface area contributed by atoms with E-state index in [1.54, 1.807) is 19.1 Å². The number of nitrogens with zero attached hydrogens (tertiary/aromatic N) is 1. The van der Waals surface area contributed by atoms with E-state index in [0.29, 0.717) is 4.31 Å². The number of rotatable bonds is 5. The number of aromatic amines is 2. The zero-order valence-corrected chi connectivity index (χ0v) is 14.5. The highest BCUT2D eigenvalue weighted by Gasteiger charge is 2.36. The summed E-state index contributed by atoms with van der Waals surface area (Å²) in [4.78, 5) is 38.1. The first-order valence-corrected chi connectivity index (χ1v) is 8.67. The molecule has 2 aromatic rings. The van der Waals surface area contributed by atoms with Gasteiger partial charge in [-0.3, -0.25) is 14.1 Å². The summed E-state index contributed by atoms with van der Waals surface area (Å²) < 4.78 is 26.7. The molecule has 0 aliphatic carbocycles. The fourth-order valence-corrected chi connectivity index (χ4v) is 4.19. The Balaban J connectivity index is 2.77. The lowest BCUT2D eigenvalue weighted by Crippen LogP contribution is -2.46. The topological polar surface area (TPSA) is 140 Å². The van der Waals surface area contributed by atoms with E-state index in [-0.39, 0.29) is 11.4 Å². The molecule has 1 atom stereocenters. The Morgan fingerprint density at radius 3 is 2.16 bits per heavy atom. The molecule has 2 rings (SSSR count). The van der Waals surface area contributed by atoms with E-state index in [2.05, 4.69) is 4.98 Å². The zero-order chi connectivity index (χ0) is 18.9. The molecule has 0 amide bonds. The van der Waals surface area contributed by atoms with E-state index in [4.69, 9.17) is 0 Å². The van der Waals surface area contributed by atoms with Crippen LogP contribution in [0, 0.1) is 13.8 Å². The Kier molecular flexibility index (Phi) is 4.84. The van der Waals surface area contributed by atoms with Gasteiger partial charge in [0.2, 0.25) is 0 Å². The lowest BCUT2D eigenvalue weighted by molar-refractivity contribution is -0.137. The van der Waals surface area contributed by atoms with Crippen molar-refractivity contribution in [3.05, 3.63) is 56.4 Å². The summed E-state index contributed by atoms with van der Waals surface area (Å²) in [5.41, 5.74) is -1.21. The van der Waals surface area contributed by atoms with E-state index in [9.17, 15) is 27.9 Å². The summed E-state index contributed by atoms with van der Waals surface area (Å²) >= 11 is 0. The summed E-state index contributed by atoms with van der Waals surface area (Å²) in [6.45, 7) is 4.23. The van der Waals surface area contributed by atoms with Gasteiger partial charge in [0.15, 0.2) is 4.90 Å². The Hall–Kier alpha value is -2.88. The van der Waals surface area contributed by atoms with Gasteiger partial charge in [0.1, 0.15) is 6.04 Å². The predicted octanol–water partition coefficient (Wildman–Crippen LogP) is 0.348. The third-order valence-electron chi connectivity index (χ3n) is 3.59. The molecule has 0 spiro atoms. The van der Waals surface area contributed by atoms with Crippen LogP contribution in [-0.4, -0.2) is 35.5 Å². The number of H-pyrrole nitrogens is 2. The molecule has 0 aliphatic heterocycles. The van der Waals surface area contributed by atoms with Crippen LogP contribution in [0.25, 0.3) is 0 Å². The van der Waals surface area contributed by atoms with Crippen molar-refractivity contribution in [2.45, 2.75) is 31.7 Å². The maximum Gasteiger partial charge on any atom is 0.327 e. The number of hydrogen-bond donors (Lipinski definition) is 3. The van der Waals surface area contributed by atoms with Crippen LogP contribution in [0.1, 0.15) is 18.2 Å². The van der Waals surface area contributed by atoms with Gasteiger partial charge in [0, 0.05) is 5.69 Å². The fourth-order valence-electron chi connectivity index (χ4n) is 2.36. The van der Waals surface area contributed by atoms with Crippen LogP contribution in [-0.2, 0) is 14.8 Å². The number of anilines is 1. The Morgan fingerprint density at radius 2 is 1.68 bits per heavy atom. The number of carboxylic acids is 1. The number of aryl methyl sites for hydroxylation is 2. The van der Waals surface area contributed by atoms with Crippen LogP contribution in [0.2, 0.25) is 0 Å². The monoisotopic (exact) mass is 367 g/mol. The minimum atomic E-state index is -4.55. The van der Waals surface area contributed by atoms with Gasteiger partial charge in [0.25, 0.3) is 15.6 Å². The van der Waals surface area contributed by atoms with Gasteiger partial charge in [0.05, 0.1) is 5.69 Å². The highest BCUT2D eigenvalue weighted by Crippen LogP contribution is 2.26. The number of hydrogen-bond acceptors (Lipinski definition) is 5. The third-order valence-corrected chi connectivity index (χ3v) is 5.64. The molecule has 10 heteroatoms. The molecule has 1 heterocycles.